The van der Waals surface area contributed by atoms with Crippen LogP contribution >= 0.6 is 0 Å². The predicted molar refractivity (Wildman–Crippen MR) is 129 cm³/mol. The maximum absolute atomic E-state index is 13.7. The Kier molecular flexibility index (Phi) is 7.22. The van der Waals surface area contributed by atoms with Crippen LogP contribution in [0, 0.1) is 13.8 Å². The van der Waals surface area contributed by atoms with Crippen molar-refractivity contribution >= 4 is 15.7 Å². The van der Waals surface area contributed by atoms with Gasteiger partial charge in [-0.2, -0.15) is 0 Å². The molecule has 6 nitrogen and oxygen atoms in total. The van der Waals surface area contributed by atoms with E-state index in [-0.39, 0.29) is 16.9 Å². The summed E-state index contributed by atoms with van der Waals surface area (Å²) in [6, 6.07) is 15.4. The van der Waals surface area contributed by atoms with Gasteiger partial charge in [-0.05, 0) is 55.5 Å². The van der Waals surface area contributed by atoms with Gasteiger partial charge in [-0.3, -0.25) is 9.69 Å². The van der Waals surface area contributed by atoms with Gasteiger partial charge in [0.05, 0.1) is 17.6 Å². The first-order valence-corrected chi connectivity index (χ1v) is 13.3. The van der Waals surface area contributed by atoms with Crippen LogP contribution in [0.4, 0.5) is 0 Å². The van der Waals surface area contributed by atoms with Gasteiger partial charge in [-0.1, -0.05) is 49.2 Å². The van der Waals surface area contributed by atoms with E-state index in [9.17, 15) is 13.2 Å². The fraction of sp³-hybridized carbons (Fsp3) is 0.500. The van der Waals surface area contributed by atoms with Crippen molar-refractivity contribution in [2.24, 2.45) is 0 Å². The lowest BCUT2D eigenvalue weighted by Crippen LogP contribution is -2.54. The van der Waals surface area contributed by atoms with E-state index in [1.165, 1.54) is 5.56 Å². The van der Waals surface area contributed by atoms with Crippen LogP contribution in [-0.4, -0.2) is 56.3 Å². The molecule has 1 N–H and O–H groups in total. The van der Waals surface area contributed by atoms with Gasteiger partial charge in [0.2, 0.25) is 5.91 Å². The van der Waals surface area contributed by atoms with Crippen LogP contribution in [0.15, 0.2) is 53.4 Å². The molecule has 1 heterocycles. The second kappa shape index (κ2) is 9.95. The molecule has 1 unspecified atom stereocenters. The molecule has 33 heavy (non-hydrogen) atoms. The summed E-state index contributed by atoms with van der Waals surface area (Å²) in [6.07, 6.45) is 2.04. The Bertz CT molecular complexity index is 1080. The van der Waals surface area contributed by atoms with Crippen LogP contribution in [-0.2, 0) is 25.9 Å². The number of hydrogen-bond acceptors (Lipinski definition) is 5. The van der Waals surface area contributed by atoms with E-state index in [1.807, 2.05) is 38.1 Å². The third-order valence-electron chi connectivity index (χ3n) is 7.09. The molecule has 1 saturated heterocycles. The Morgan fingerprint density at radius 1 is 1.09 bits per heavy atom. The first-order chi connectivity index (χ1) is 15.8. The SMILES string of the molecule is Cc1ccc(S(=O)(=O)C2(C(=O)NCC3CN(Cc4ccccc4)CCO3)CCCC2)cc1C. The number of sulfone groups is 1. The Balaban J connectivity index is 1.44. The van der Waals surface area contributed by atoms with Crippen molar-refractivity contribution in [2.75, 3.05) is 26.2 Å². The molecule has 2 aromatic carbocycles. The Morgan fingerprint density at radius 3 is 2.52 bits per heavy atom. The van der Waals surface area contributed by atoms with Gasteiger partial charge in [-0.25, -0.2) is 8.42 Å². The number of rotatable bonds is 7. The molecule has 0 spiro atoms. The molecule has 1 atom stereocenters. The summed E-state index contributed by atoms with van der Waals surface area (Å²) in [5, 5.41) is 2.95. The zero-order chi connectivity index (χ0) is 23.5. The first-order valence-electron chi connectivity index (χ1n) is 11.8. The zero-order valence-electron chi connectivity index (χ0n) is 19.5. The van der Waals surface area contributed by atoms with Crippen molar-refractivity contribution in [3.63, 3.8) is 0 Å². The number of nitrogens with one attached hydrogen (secondary N) is 1. The topological polar surface area (TPSA) is 75.7 Å². The van der Waals surface area contributed by atoms with E-state index in [0.29, 0.717) is 32.5 Å². The highest BCUT2D eigenvalue weighted by Crippen LogP contribution is 2.41. The number of nitrogens with zero attached hydrogens (tertiary/aromatic N) is 1. The number of benzene rings is 2. The third kappa shape index (κ3) is 5.00. The van der Waals surface area contributed by atoms with Crippen molar-refractivity contribution in [3.05, 3.63) is 65.2 Å². The van der Waals surface area contributed by atoms with Gasteiger partial charge in [0, 0.05) is 26.2 Å². The molecule has 1 saturated carbocycles. The Labute approximate surface area is 197 Å². The average molecular weight is 471 g/mol. The smallest absolute Gasteiger partial charge is 0.241 e. The van der Waals surface area contributed by atoms with Gasteiger partial charge in [0.25, 0.3) is 0 Å². The minimum atomic E-state index is -3.81. The average Bonchev–Trinajstić information content (AvgIpc) is 3.32. The van der Waals surface area contributed by atoms with Crippen molar-refractivity contribution < 1.29 is 17.9 Å². The van der Waals surface area contributed by atoms with E-state index >= 15 is 0 Å². The maximum Gasteiger partial charge on any atom is 0.241 e. The minimum absolute atomic E-state index is 0.158. The second-order valence-electron chi connectivity index (χ2n) is 9.37. The number of carbonyl (C=O) groups is 1. The fourth-order valence-electron chi connectivity index (χ4n) is 4.93. The van der Waals surface area contributed by atoms with Gasteiger partial charge < -0.3 is 10.1 Å². The van der Waals surface area contributed by atoms with Gasteiger partial charge in [0.1, 0.15) is 0 Å². The summed E-state index contributed by atoms with van der Waals surface area (Å²) in [4.78, 5) is 15.9. The van der Waals surface area contributed by atoms with Crippen molar-refractivity contribution in [1.29, 1.82) is 0 Å². The summed E-state index contributed by atoms with van der Waals surface area (Å²) in [7, 11) is -3.81. The minimum Gasteiger partial charge on any atom is -0.374 e. The van der Waals surface area contributed by atoms with Crippen LogP contribution in [0.1, 0.15) is 42.4 Å². The molecule has 0 radical (unpaired) electrons. The summed E-state index contributed by atoms with van der Waals surface area (Å²) < 4.78 is 31.8. The Morgan fingerprint density at radius 2 is 1.82 bits per heavy atom. The highest BCUT2D eigenvalue weighted by molar-refractivity contribution is 7.93. The zero-order valence-corrected chi connectivity index (χ0v) is 20.4. The summed E-state index contributed by atoms with van der Waals surface area (Å²) >= 11 is 0. The molecule has 2 aliphatic rings. The second-order valence-corrected chi connectivity index (χ2v) is 11.6. The molecular formula is C26H34N2O4S. The number of carbonyl (C=O) groups excluding carboxylic acids is 1. The standard InChI is InChI=1S/C26H34N2O4S/c1-20-10-11-24(16-21(20)2)33(30,31)26(12-6-7-13-26)25(29)27-17-23-19-28(14-15-32-23)18-22-8-4-3-5-9-22/h3-5,8-11,16,23H,6-7,12-15,17-19H2,1-2H3,(H,27,29). The molecular weight excluding hydrogens is 436 g/mol. The predicted octanol–water partition coefficient (Wildman–Crippen LogP) is 3.41. The number of amides is 1. The molecule has 7 heteroatoms. The quantitative estimate of drug-likeness (QED) is 0.671. The molecule has 1 aliphatic carbocycles. The lowest BCUT2D eigenvalue weighted by atomic mass is 10.1. The fourth-order valence-corrected chi connectivity index (χ4v) is 7.10. The van der Waals surface area contributed by atoms with Crippen LogP contribution in [0.5, 0.6) is 0 Å². The maximum atomic E-state index is 13.7. The molecule has 1 aliphatic heterocycles. The first kappa shape index (κ1) is 23.9. The highest BCUT2D eigenvalue weighted by Gasteiger charge is 2.53. The Hall–Kier alpha value is -2.22. The van der Waals surface area contributed by atoms with E-state index in [2.05, 4.69) is 22.3 Å². The van der Waals surface area contributed by atoms with Crippen LogP contribution < -0.4 is 5.32 Å². The van der Waals surface area contributed by atoms with Crippen molar-refractivity contribution in [3.8, 4) is 0 Å². The van der Waals surface area contributed by atoms with E-state index in [0.717, 1.165) is 37.1 Å². The van der Waals surface area contributed by atoms with E-state index < -0.39 is 14.6 Å². The van der Waals surface area contributed by atoms with E-state index in [1.54, 1.807) is 12.1 Å². The van der Waals surface area contributed by atoms with Crippen molar-refractivity contribution in [1.82, 2.24) is 10.2 Å². The number of ether oxygens (including phenoxy) is 1. The summed E-state index contributed by atoms with van der Waals surface area (Å²) in [5.74, 6) is -0.387. The van der Waals surface area contributed by atoms with E-state index in [4.69, 9.17) is 4.74 Å². The molecule has 2 aromatic rings. The van der Waals surface area contributed by atoms with Gasteiger partial charge in [-0.15, -0.1) is 0 Å². The number of aryl methyl sites for hydroxylation is 2. The van der Waals surface area contributed by atoms with Crippen molar-refractivity contribution in [2.45, 2.75) is 61.8 Å². The number of morpholine rings is 1. The molecule has 178 valence electrons. The van der Waals surface area contributed by atoms with Gasteiger partial charge in [0.15, 0.2) is 14.6 Å². The summed E-state index contributed by atoms with van der Waals surface area (Å²) in [5.41, 5.74) is 3.19. The lowest BCUT2D eigenvalue weighted by molar-refractivity contribution is -0.124. The van der Waals surface area contributed by atoms with Gasteiger partial charge >= 0.3 is 0 Å². The monoisotopic (exact) mass is 470 g/mol. The number of hydrogen-bond donors (Lipinski definition) is 1. The molecule has 0 aromatic heterocycles. The summed E-state index contributed by atoms with van der Waals surface area (Å²) in [6.45, 7) is 7.14. The van der Waals surface area contributed by atoms with Crippen LogP contribution in [0.2, 0.25) is 0 Å². The molecule has 4 rings (SSSR count). The third-order valence-corrected chi connectivity index (χ3v) is 9.59. The molecule has 1 amide bonds. The lowest BCUT2D eigenvalue weighted by Gasteiger charge is -2.34. The van der Waals surface area contributed by atoms with Crippen LogP contribution in [0.25, 0.3) is 0 Å². The largest absolute Gasteiger partial charge is 0.374 e. The molecule has 2 fully saturated rings. The van der Waals surface area contributed by atoms with Crippen LogP contribution in [0.3, 0.4) is 0 Å². The normalized spacial score (nSPS) is 21.1. The highest BCUT2D eigenvalue weighted by atomic mass is 32.2. The molecule has 0 bridgehead atoms.